The average Bonchev–Trinajstić information content (AvgIpc) is 3.10. The minimum absolute atomic E-state index is 0. The summed E-state index contributed by atoms with van der Waals surface area (Å²) in [6.07, 6.45) is 18.9. The third-order valence-electron chi connectivity index (χ3n) is 9.38. The van der Waals surface area contributed by atoms with Crippen molar-refractivity contribution in [3.63, 3.8) is 0 Å². The molecule has 2 N–H and O–H groups in total. The number of benzene rings is 4. The third-order valence-corrected chi connectivity index (χ3v) is 9.38. The van der Waals surface area contributed by atoms with E-state index in [4.69, 9.17) is 9.97 Å². The van der Waals surface area contributed by atoms with E-state index in [9.17, 15) is 0 Å². The van der Waals surface area contributed by atoms with Gasteiger partial charge in [-0.15, -0.1) is 24.8 Å². The van der Waals surface area contributed by atoms with Gasteiger partial charge in [-0.3, -0.25) is 0 Å². The number of hydrogen-bond donors (Lipinski definition) is 2. The van der Waals surface area contributed by atoms with Crippen LogP contribution in [0.4, 0.5) is 11.4 Å². The van der Waals surface area contributed by atoms with E-state index >= 15 is 0 Å². The number of pyridine rings is 2. The lowest BCUT2D eigenvalue weighted by Gasteiger charge is -2.13. The van der Waals surface area contributed by atoms with Gasteiger partial charge in [0.05, 0.1) is 33.4 Å². The molecule has 48 heavy (non-hydrogen) atoms. The maximum absolute atomic E-state index is 4.85. The molecule has 0 saturated carbocycles. The van der Waals surface area contributed by atoms with Crippen LogP contribution >= 0.6 is 24.8 Å². The highest BCUT2D eigenvalue weighted by Crippen LogP contribution is 2.32. The molecular formula is C42H52Cl2N4. The van der Waals surface area contributed by atoms with E-state index in [1.165, 1.54) is 123 Å². The molecule has 4 aromatic carbocycles. The Morgan fingerprint density at radius 1 is 0.312 bits per heavy atom. The van der Waals surface area contributed by atoms with E-state index < -0.39 is 0 Å². The average molecular weight is 684 g/mol. The molecule has 0 aliphatic carbocycles. The zero-order valence-electron chi connectivity index (χ0n) is 28.3. The molecule has 0 bridgehead atoms. The number of aromatic nitrogens is 2. The first-order valence-electron chi connectivity index (χ1n) is 17.9. The smallest absolute Gasteiger partial charge is 0.0730 e. The zero-order valence-corrected chi connectivity index (χ0v) is 29.9. The van der Waals surface area contributed by atoms with Crippen molar-refractivity contribution in [3.8, 4) is 0 Å². The number of anilines is 2. The molecule has 6 aromatic rings. The molecule has 6 rings (SSSR count). The van der Waals surface area contributed by atoms with Crippen molar-refractivity contribution >= 4 is 79.8 Å². The Balaban J connectivity index is 0.00000260. The minimum atomic E-state index is 0. The van der Waals surface area contributed by atoms with Crippen molar-refractivity contribution in [3.05, 3.63) is 97.1 Å². The van der Waals surface area contributed by atoms with Gasteiger partial charge in [0.25, 0.3) is 0 Å². The molecule has 0 fully saturated rings. The maximum Gasteiger partial charge on any atom is 0.0730 e. The lowest BCUT2D eigenvalue weighted by Crippen LogP contribution is -2.03. The van der Waals surface area contributed by atoms with Crippen molar-refractivity contribution in [2.75, 3.05) is 23.7 Å². The summed E-state index contributed by atoms with van der Waals surface area (Å²) in [7, 11) is 0. The van der Waals surface area contributed by atoms with Gasteiger partial charge in [0.15, 0.2) is 0 Å². The largest absolute Gasteiger partial charge is 0.384 e. The molecule has 2 aromatic heterocycles. The van der Waals surface area contributed by atoms with Crippen molar-refractivity contribution in [1.29, 1.82) is 0 Å². The first-order valence-corrected chi connectivity index (χ1v) is 17.9. The lowest BCUT2D eigenvalue weighted by molar-refractivity contribution is 0.536. The zero-order chi connectivity index (χ0) is 31.2. The Hall–Kier alpha value is -3.60. The molecule has 2 heterocycles. The van der Waals surface area contributed by atoms with Crippen molar-refractivity contribution < 1.29 is 0 Å². The van der Waals surface area contributed by atoms with E-state index in [0.717, 1.165) is 35.2 Å². The van der Waals surface area contributed by atoms with Crippen molar-refractivity contribution in [2.24, 2.45) is 0 Å². The van der Waals surface area contributed by atoms with Gasteiger partial charge in [0, 0.05) is 34.6 Å². The fourth-order valence-corrected chi connectivity index (χ4v) is 6.86. The van der Waals surface area contributed by atoms with E-state index in [1.54, 1.807) is 0 Å². The van der Waals surface area contributed by atoms with E-state index in [2.05, 4.69) is 108 Å². The molecule has 254 valence electrons. The third kappa shape index (κ3) is 9.96. The standard InChI is InChI=1S/C42H50N4.2ClH/c1(3-5-7-9-11-21-31-43-41-33-23-13-17-27-37(33)45-38-28-18-14-24-34(38)41)2-4-6-8-10-12-22-32-44-42-35-25-15-19-29-39(35)46-40-30-20-16-26-36(40)42;;/h13-20,23-30H,1-12,21-22,31-32H2,(H,43,45)(H,44,46);2*1H. The highest BCUT2D eigenvalue weighted by Gasteiger charge is 2.09. The Labute approximate surface area is 299 Å². The summed E-state index contributed by atoms with van der Waals surface area (Å²) in [6, 6.07) is 33.9. The predicted octanol–water partition coefficient (Wildman–Crippen LogP) is 12.9. The number of rotatable bonds is 19. The topological polar surface area (TPSA) is 49.8 Å². The van der Waals surface area contributed by atoms with Crippen LogP contribution in [0.1, 0.15) is 89.9 Å². The maximum atomic E-state index is 4.85. The van der Waals surface area contributed by atoms with Crippen LogP contribution in [-0.2, 0) is 0 Å². The first kappa shape index (κ1) is 37.2. The monoisotopic (exact) mass is 682 g/mol. The molecule has 0 aliphatic heterocycles. The summed E-state index contributed by atoms with van der Waals surface area (Å²) >= 11 is 0. The second kappa shape index (κ2) is 20.0. The number of nitrogens with zero attached hydrogens (tertiary/aromatic N) is 2. The second-order valence-electron chi connectivity index (χ2n) is 12.8. The van der Waals surface area contributed by atoms with Crippen molar-refractivity contribution in [2.45, 2.75) is 89.9 Å². The summed E-state index contributed by atoms with van der Waals surface area (Å²) < 4.78 is 0. The van der Waals surface area contributed by atoms with E-state index in [0.29, 0.717) is 0 Å². The van der Waals surface area contributed by atoms with Crippen LogP contribution in [0.5, 0.6) is 0 Å². The number of fused-ring (bicyclic) bond motifs is 4. The van der Waals surface area contributed by atoms with Crippen LogP contribution in [0.3, 0.4) is 0 Å². The van der Waals surface area contributed by atoms with Gasteiger partial charge in [-0.2, -0.15) is 0 Å². The van der Waals surface area contributed by atoms with Crippen LogP contribution in [0, 0.1) is 0 Å². The predicted molar refractivity (Wildman–Crippen MR) is 215 cm³/mol. The molecule has 0 aliphatic rings. The molecular weight excluding hydrogens is 631 g/mol. The summed E-state index contributed by atoms with van der Waals surface area (Å²) in [6.45, 7) is 2.04. The van der Waals surface area contributed by atoms with E-state index in [-0.39, 0.29) is 24.8 Å². The summed E-state index contributed by atoms with van der Waals surface area (Å²) in [4.78, 5) is 9.69. The second-order valence-corrected chi connectivity index (χ2v) is 12.8. The molecule has 0 saturated heterocycles. The Morgan fingerprint density at radius 3 is 0.812 bits per heavy atom. The highest BCUT2D eigenvalue weighted by atomic mass is 35.5. The normalized spacial score (nSPS) is 11.1. The van der Waals surface area contributed by atoms with Crippen LogP contribution in [0.25, 0.3) is 43.6 Å². The quantitative estimate of drug-likeness (QED) is 0.0659. The fraction of sp³-hybridized carbons (Fsp3) is 0.381. The molecule has 0 radical (unpaired) electrons. The number of nitrogens with one attached hydrogen (secondary N) is 2. The molecule has 0 amide bonds. The van der Waals surface area contributed by atoms with Crippen LogP contribution in [0.15, 0.2) is 97.1 Å². The van der Waals surface area contributed by atoms with Crippen molar-refractivity contribution in [1.82, 2.24) is 9.97 Å². The van der Waals surface area contributed by atoms with Gasteiger partial charge in [-0.1, -0.05) is 150 Å². The SMILES string of the molecule is Cl.Cl.c1ccc2c(NCCCCCCCCCCCCCCCCNc3c4ccccc4nc4ccccc34)c3ccccc3nc2c1. The summed E-state index contributed by atoms with van der Waals surface area (Å²) in [5, 5.41) is 12.4. The van der Waals surface area contributed by atoms with Crippen LogP contribution in [0.2, 0.25) is 0 Å². The number of unbranched alkanes of at least 4 members (excludes halogenated alkanes) is 13. The highest BCUT2D eigenvalue weighted by molar-refractivity contribution is 6.08. The Morgan fingerprint density at radius 2 is 0.542 bits per heavy atom. The van der Waals surface area contributed by atoms with Crippen LogP contribution in [-0.4, -0.2) is 23.1 Å². The van der Waals surface area contributed by atoms with Gasteiger partial charge in [-0.25, -0.2) is 9.97 Å². The molecule has 0 spiro atoms. The molecule has 6 heteroatoms. The van der Waals surface area contributed by atoms with Crippen LogP contribution < -0.4 is 10.6 Å². The van der Waals surface area contributed by atoms with Gasteiger partial charge < -0.3 is 10.6 Å². The summed E-state index contributed by atoms with van der Waals surface area (Å²) in [5.74, 6) is 0. The molecule has 4 nitrogen and oxygen atoms in total. The number of halogens is 2. The fourth-order valence-electron chi connectivity index (χ4n) is 6.86. The van der Waals surface area contributed by atoms with Gasteiger partial charge in [0.1, 0.15) is 0 Å². The first-order chi connectivity index (χ1) is 22.9. The van der Waals surface area contributed by atoms with E-state index in [1.807, 2.05) is 0 Å². The van der Waals surface area contributed by atoms with Gasteiger partial charge in [-0.05, 0) is 37.1 Å². The lowest BCUT2D eigenvalue weighted by atomic mass is 10.0. The minimum Gasteiger partial charge on any atom is -0.384 e. The number of para-hydroxylation sites is 4. The summed E-state index contributed by atoms with van der Waals surface area (Å²) in [5.41, 5.74) is 6.74. The van der Waals surface area contributed by atoms with Gasteiger partial charge >= 0.3 is 0 Å². The molecule has 0 unspecified atom stereocenters. The Bertz CT molecular complexity index is 1600. The molecule has 0 atom stereocenters. The Kier molecular flexibility index (Phi) is 15.5. The number of hydrogen-bond acceptors (Lipinski definition) is 4. The van der Waals surface area contributed by atoms with Gasteiger partial charge in [0.2, 0.25) is 0 Å².